The molecule has 0 aliphatic rings. The Morgan fingerprint density at radius 3 is 2.61 bits per heavy atom. The third-order valence-corrected chi connectivity index (χ3v) is 2.94. The van der Waals surface area contributed by atoms with E-state index >= 15 is 0 Å². The number of aromatic amines is 1. The molecular formula is C14H16N2O2. The fraction of sp³-hybridized carbons (Fsp3) is 0.286. The van der Waals surface area contributed by atoms with Crippen molar-refractivity contribution in [2.24, 2.45) is 0 Å². The zero-order valence-corrected chi connectivity index (χ0v) is 10.5. The van der Waals surface area contributed by atoms with Gasteiger partial charge in [0.05, 0.1) is 6.20 Å². The lowest BCUT2D eigenvalue weighted by Gasteiger charge is -2.10. The van der Waals surface area contributed by atoms with Crippen molar-refractivity contribution in [1.29, 1.82) is 0 Å². The third kappa shape index (κ3) is 2.97. The maximum Gasteiger partial charge on any atom is 0.267 e. The molecule has 0 radical (unpaired) electrons. The Morgan fingerprint density at radius 1 is 1.28 bits per heavy atom. The third-order valence-electron chi connectivity index (χ3n) is 2.94. The van der Waals surface area contributed by atoms with E-state index in [1.807, 2.05) is 24.3 Å². The van der Waals surface area contributed by atoms with E-state index in [2.05, 4.69) is 24.0 Å². The number of hydrogen-bond donors (Lipinski definition) is 1. The molecule has 0 aliphatic carbocycles. The van der Waals surface area contributed by atoms with E-state index in [9.17, 15) is 4.79 Å². The second-order valence-corrected chi connectivity index (χ2v) is 4.26. The predicted molar refractivity (Wildman–Crippen MR) is 70.1 cm³/mol. The van der Waals surface area contributed by atoms with Gasteiger partial charge in [0.2, 0.25) is 0 Å². The summed E-state index contributed by atoms with van der Waals surface area (Å²) < 4.78 is 5.55. The molecule has 2 rings (SSSR count). The van der Waals surface area contributed by atoms with Crippen LogP contribution in [0.3, 0.4) is 0 Å². The second-order valence-electron chi connectivity index (χ2n) is 4.26. The molecular weight excluding hydrogens is 228 g/mol. The number of hydrogen-bond acceptors (Lipinski definition) is 3. The topological polar surface area (TPSA) is 55.0 Å². The van der Waals surface area contributed by atoms with Crippen molar-refractivity contribution < 1.29 is 4.74 Å². The van der Waals surface area contributed by atoms with Gasteiger partial charge in [-0.3, -0.25) is 4.79 Å². The summed E-state index contributed by atoms with van der Waals surface area (Å²) >= 11 is 0. The van der Waals surface area contributed by atoms with Crippen LogP contribution in [0.5, 0.6) is 11.5 Å². The van der Waals surface area contributed by atoms with Gasteiger partial charge in [0.1, 0.15) is 5.75 Å². The van der Waals surface area contributed by atoms with Crippen LogP contribution in [0.25, 0.3) is 0 Å². The van der Waals surface area contributed by atoms with Gasteiger partial charge in [-0.2, -0.15) is 5.10 Å². The van der Waals surface area contributed by atoms with Crippen molar-refractivity contribution in [2.75, 3.05) is 0 Å². The van der Waals surface area contributed by atoms with Crippen LogP contribution in [0.1, 0.15) is 31.7 Å². The van der Waals surface area contributed by atoms with Gasteiger partial charge in [-0.1, -0.05) is 26.0 Å². The highest BCUT2D eigenvalue weighted by Crippen LogP contribution is 2.24. The van der Waals surface area contributed by atoms with Gasteiger partial charge in [0.15, 0.2) is 5.75 Å². The standard InChI is InChI=1S/C14H16N2O2/c1-3-10(2)11-4-6-12(7-5-11)18-13-8-14(17)16-15-9-13/h4-10H,3H2,1-2H3,(H,16,17). The summed E-state index contributed by atoms with van der Waals surface area (Å²) in [7, 11) is 0. The maximum absolute atomic E-state index is 11.1. The highest BCUT2D eigenvalue weighted by atomic mass is 16.5. The summed E-state index contributed by atoms with van der Waals surface area (Å²) in [6.45, 7) is 4.35. The zero-order valence-electron chi connectivity index (χ0n) is 10.5. The van der Waals surface area contributed by atoms with Gasteiger partial charge in [0.25, 0.3) is 5.56 Å². The molecule has 2 aromatic rings. The van der Waals surface area contributed by atoms with Gasteiger partial charge in [-0.15, -0.1) is 0 Å². The lowest BCUT2D eigenvalue weighted by Crippen LogP contribution is -2.05. The summed E-state index contributed by atoms with van der Waals surface area (Å²) in [5.74, 6) is 1.68. The molecule has 0 spiro atoms. The average molecular weight is 244 g/mol. The van der Waals surface area contributed by atoms with E-state index in [1.54, 1.807) is 0 Å². The summed E-state index contributed by atoms with van der Waals surface area (Å²) in [4.78, 5) is 11.1. The molecule has 1 atom stereocenters. The van der Waals surface area contributed by atoms with Gasteiger partial charge in [-0.05, 0) is 30.0 Å². The van der Waals surface area contributed by atoms with Crippen LogP contribution in [0.4, 0.5) is 0 Å². The normalized spacial score (nSPS) is 12.1. The molecule has 4 heteroatoms. The molecule has 4 nitrogen and oxygen atoms in total. The van der Waals surface area contributed by atoms with Crippen LogP contribution in [-0.4, -0.2) is 10.2 Å². The second kappa shape index (κ2) is 5.49. The van der Waals surface area contributed by atoms with Crippen molar-refractivity contribution >= 4 is 0 Å². The number of nitrogens with zero attached hydrogens (tertiary/aromatic N) is 1. The summed E-state index contributed by atoms with van der Waals surface area (Å²) in [6.07, 6.45) is 2.59. The molecule has 1 aromatic heterocycles. The van der Waals surface area contributed by atoms with E-state index in [0.717, 1.165) is 6.42 Å². The summed E-state index contributed by atoms with van der Waals surface area (Å²) in [5, 5.41) is 5.98. The average Bonchev–Trinajstić information content (AvgIpc) is 2.39. The fourth-order valence-corrected chi connectivity index (χ4v) is 1.65. The lowest BCUT2D eigenvalue weighted by atomic mass is 9.99. The van der Waals surface area contributed by atoms with Crippen LogP contribution in [0.2, 0.25) is 0 Å². The number of ether oxygens (including phenoxy) is 1. The first kappa shape index (κ1) is 12.4. The van der Waals surface area contributed by atoms with Crippen LogP contribution in [-0.2, 0) is 0 Å². The van der Waals surface area contributed by atoms with Crippen LogP contribution >= 0.6 is 0 Å². The first-order chi connectivity index (χ1) is 8.69. The van der Waals surface area contributed by atoms with Gasteiger partial charge < -0.3 is 4.74 Å². The molecule has 1 aromatic carbocycles. The van der Waals surface area contributed by atoms with E-state index < -0.39 is 0 Å². The molecule has 1 N–H and O–H groups in total. The van der Waals surface area contributed by atoms with Gasteiger partial charge >= 0.3 is 0 Å². The fourth-order valence-electron chi connectivity index (χ4n) is 1.65. The Labute approximate surface area is 106 Å². The Hall–Kier alpha value is -2.10. The van der Waals surface area contributed by atoms with Crippen LogP contribution < -0.4 is 10.3 Å². The van der Waals surface area contributed by atoms with E-state index in [0.29, 0.717) is 17.4 Å². The van der Waals surface area contributed by atoms with E-state index in [1.165, 1.54) is 17.8 Å². The number of aromatic nitrogens is 2. The lowest BCUT2D eigenvalue weighted by molar-refractivity contribution is 0.477. The van der Waals surface area contributed by atoms with Gasteiger partial charge in [-0.25, -0.2) is 5.10 Å². The smallest absolute Gasteiger partial charge is 0.267 e. The van der Waals surface area contributed by atoms with Crippen molar-refractivity contribution in [1.82, 2.24) is 10.2 Å². The van der Waals surface area contributed by atoms with Crippen molar-refractivity contribution in [3.05, 3.63) is 52.4 Å². The predicted octanol–water partition coefficient (Wildman–Crippen LogP) is 3.08. The molecule has 1 unspecified atom stereocenters. The SMILES string of the molecule is CCC(C)c1ccc(Oc2cn[nH]c(=O)c2)cc1. The largest absolute Gasteiger partial charge is 0.455 e. The van der Waals surface area contributed by atoms with E-state index in [4.69, 9.17) is 4.74 Å². The monoisotopic (exact) mass is 244 g/mol. The Kier molecular flexibility index (Phi) is 3.77. The number of nitrogens with one attached hydrogen (secondary N) is 1. The van der Waals surface area contributed by atoms with Crippen LogP contribution in [0.15, 0.2) is 41.3 Å². The molecule has 0 bridgehead atoms. The molecule has 1 heterocycles. The van der Waals surface area contributed by atoms with Crippen molar-refractivity contribution in [3.63, 3.8) is 0 Å². The highest BCUT2D eigenvalue weighted by molar-refractivity contribution is 5.32. The molecule has 94 valence electrons. The molecule has 0 saturated carbocycles. The van der Waals surface area contributed by atoms with Crippen LogP contribution in [0, 0.1) is 0 Å². The quantitative estimate of drug-likeness (QED) is 0.899. The first-order valence-corrected chi connectivity index (χ1v) is 6.01. The highest BCUT2D eigenvalue weighted by Gasteiger charge is 2.03. The minimum atomic E-state index is -0.274. The van der Waals surface area contributed by atoms with Gasteiger partial charge in [0, 0.05) is 6.07 Å². The Morgan fingerprint density at radius 2 is 2.00 bits per heavy atom. The molecule has 0 fully saturated rings. The Balaban J connectivity index is 2.13. The molecule has 0 amide bonds. The number of rotatable bonds is 4. The van der Waals surface area contributed by atoms with Crippen molar-refractivity contribution in [2.45, 2.75) is 26.2 Å². The molecule has 18 heavy (non-hydrogen) atoms. The number of benzene rings is 1. The zero-order chi connectivity index (χ0) is 13.0. The maximum atomic E-state index is 11.1. The minimum Gasteiger partial charge on any atom is -0.455 e. The minimum absolute atomic E-state index is 0.274. The number of H-pyrrole nitrogens is 1. The molecule has 0 saturated heterocycles. The van der Waals surface area contributed by atoms with E-state index in [-0.39, 0.29) is 5.56 Å². The first-order valence-electron chi connectivity index (χ1n) is 6.01. The summed E-state index contributed by atoms with van der Waals surface area (Å²) in [5.41, 5.74) is 1.01. The molecule has 0 aliphatic heterocycles. The van der Waals surface area contributed by atoms with Crippen molar-refractivity contribution in [3.8, 4) is 11.5 Å². The Bertz CT molecular complexity index is 561. The summed E-state index contributed by atoms with van der Waals surface area (Å²) in [6, 6.07) is 9.27.